The summed E-state index contributed by atoms with van der Waals surface area (Å²) in [4.78, 5) is 11.4. The third-order valence-electron chi connectivity index (χ3n) is 4.06. The maximum atomic E-state index is 11.4. The highest BCUT2D eigenvalue weighted by Gasteiger charge is 2.44. The van der Waals surface area contributed by atoms with Crippen molar-refractivity contribution in [2.45, 2.75) is 25.7 Å². The van der Waals surface area contributed by atoms with Crippen LogP contribution in [0.5, 0.6) is 11.5 Å². The summed E-state index contributed by atoms with van der Waals surface area (Å²) in [5.74, 6) is 2.34. The third kappa shape index (κ3) is 3.06. The van der Waals surface area contributed by atoms with Crippen LogP contribution < -0.4 is 9.47 Å². The Morgan fingerprint density at radius 2 is 1.95 bits per heavy atom. The molecule has 0 aliphatic heterocycles. The summed E-state index contributed by atoms with van der Waals surface area (Å²) >= 11 is 0. The van der Waals surface area contributed by atoms with Crippen molar-refractivity contribution in [3.8, 4) is 11.5 Å². The third-order valence-corrected chi connectivity index (χ3v) is 4.06. The second kappa shape index (κ2) is 6.16. The molecule has 0 saturated heterocycles. The fraction of sp³-hybridized carbons (Fsp3) is 0.562. The molecule has 1 saturated carbocycles. The predicted molar refractivity (Wildman–Crippen MR) is 76.2 cm³/mol. The molecule has 0 aromatic heterocycles. The molecule has 1 aliphatic rings. The molecule has 3 atom stereocenters. The summed E-state index contributed by atoms with van der Waals surface area (Å²) in [5, 5.41) is 0. The van der Waals surface area contributed by atoms with Gasteiger partial charge in [0.1, 0.15) is 0 Å². The van der Waals surface area contributed by atoms with Crippen molar-refractivity contribution in [1.29, 1.82) is 0 Å². The van der Waals surface area contributed by atoms with Crippen molar-refractivity contribution in [3.63, 3.8) is 0 Å². The SMILES string of the molecule is COC(=O)C1CC1CC(C)c1ccc(OC)c(OC)c1. The Kier molecular flexibility index (Phi) is 4.53. The molecular formula is C16H22O4. The van der Waals surface area contributed by atoms with Gasteiger partial charge < -0.3 is 14.2 Å². The molecule has 0 radical (unpaired) electrons. The molecular weight excluding hydrogens is 256 g/mol. The topological polar surface area (TPSA) is 44.8 Å². The highest BCUT2D eigenvalue weighted by atomic mass is 16.5. The monoisotopic (exact) mass is 278 g/mol. The molecule has 0 N–H and O–H groups in total. The zero-order valence-electron chi connectivity index (χ0n) is 12.5. The van der Waals surface area contributed by atoms with Crippen molar-refractivity contribution < 1.29 is 19.0 Å². The summed E-state index contributed by atoms with van der Waals surface area (Å²) in [6.07, 6.45) is 1.94. The number of rotatable bonds is 6. The van der Waals surface area contributed by atoms with E-state index in [1.165, 1.54) is 12.7 Å². The van der Waals surface area contributed by atoms with Gasteiger partial charge in [0.25, 0.3) is 0 Å². The van der Waals surface area contributed by atoms with Crippen LogP contribution in [0.2, 0.25) is 0 Å². The van der Waals surface area contributed by atoms with Crippen molar-refractivity contribution in [2.24, 2.45) is 11.8 Å². The quantitative estimate of drug-likeness (QED) is 0.750. The van der Waals surface area contributed by atoms with E-state index < -0.39 is 0 Å². The van der Waals surface area contributed by atoms with Crippen molar-refractivity contribution in [2.75, 3.05) is 21.3 Å². The Balaban J connectivity index is 2.00. The van der Waals surface area contributed by atoms with Gasteiger partial charge in [-0.05, 0) is 42.4 Å². The number of ether oxygens (including phenoxy) is 3. The van der Waals surface area contributed by atoms with E-state index >= 15 is 0 Å². The smallest absolute Gasteiger partial charge is 0.308 e. The van der Waals surface area contributed by atoms with Gasteiger partial charge in [0.2, 0.25) is 0 Å². The molecule has 4 nitrogen and oxygen atoms in total. The van der Waals surface area contributed by atoms with E-state index in [9.17, 15) is 4.79 Å². The highest BCUT2D eigenvalue weighted by Crippen LogP contribution is 2.46. The normalized spacial score (nSPS) is 22.0. The minimum Gasteiger partial charge on any atom is -0.493 e. The van der Waals surface area contributed by atoms with Gasteiger partial charge in [0.05, 0.1) is 27.2 Å². The molecule has 4 heteroatoms. The number of carbonyl (C=O) groups is 1. The average molecular weight is 278 g/mol. The van der Waals surface area contributed by atoms with Crippen LogP contribution in [0.3, 0.4) is 0 Å². The van der Waals surface area contributed by atoms with E-state index in [1.54, 1.807) is 14.2 Å². The van der Waals surface area contributed by atoms with Crippen LogP contribution in [0.15, 0.2) is 18.2 Å². The molecule has 0 spiro atoms. The molecule has 110 valence electrons. The molecule has 1 aromatic rings. The lowest BCUT2D eigenvalue weighted by atomic mass is 9.94. The summed E-state index contributed by atoms with van der Waals surface area (Å²) in [6, 6.07) is 6.00. The molecule has 3 unspecified atom stereocenters. The van der Waals surface area contributed by atoms with Crippen LogP contribution in [0.1, 0.15) is 31.2 Å². The average Bonchev–Trinajstić information content (AvgIpc) is 3.24. The van der Waals surface area contributed by atoms with Gasteiger partial charge in [-0.3, -0.25) is 4.79 Å². The molecule has 0 heterocycles. The van der Waals surface area contributed by atoms with Gasteiger partial charge in [-0.2, -0.15) is 0 Å². The standard InChI is InChI=1S/C16H22O4/c1-10(7-12-8-13(12)16(17)20-4)11-5-6-14(18-2)15(9-11)19-3/h5-6,9-10,12-13H,7-8H2,1-4H3. The van der Waals surface area contributed by atoms with E-state index in [-0.39, 0.29) is 11.9 Å². The van der Waals surface area contributed by atoms with Crippen LogP contribution in [0.4, 0.5) is 0 Å². The van der Waals surface area contributed by atoms with E-state index in [2.05, 4.69) is 13.0 Å². The largest absolute Gasteiger partial charge is 0.493 e. The van der Waals surface area contributed by atoms with Crippen molar-refractivity contribution in [3.05, 3.63) is 23.8 Å². The first-order valence-corrected chi connectivity index (χ1v) is 6.90. The van der Waals surface area contributed by atoms with E-state index in [0.717, 1.165) is 24.3 Å². The minimum atomic E-state index is -0.0745. The Morgan fingerprint density at radius 1 is 1.25 bits per heavy atom. The van der Waals surface area contributed by atoms with Gasteiger partial charge in [0, 0.05) is 0 Å². The number of hydrogen-bond acceptors (Lipinski definition) is 4. The second-order valence-electron chi connectivity index (χ2n) is 5.38. The maximum Gasteiger partial charge on any atom is 0.308 e. The van der Waals surface area contributed by atoms with Gasteiger partial charge >= 0.3 is 5.97 Å². The summed E-state index contributed by atoms with van der Waals surface area (Å²) in [7, 11) is 4.72. The Labute approximate surface area is 120 Å². The van der Waals surface area contributed by atoms with Gasteiger partial charge in [-0.25, -0.2) is 0 Å². The zero-order chi connectivity index (χ0) is 14.7. The number of carbonyl (C=O) groups excluding carboxylic acids is 1. The molecule has 0 amide bonds. The first-order chi connectivity index (χ1) is 9.60. The first kappa shape index (κ1) is 14.7. The molecule has 1 fully saturated rings. The summed E-state index contributed by atoms with van der Waals surface area (Å²) in [6.45, 7) is 2.17. The lowest BCUT2D eigenvalue weighted by Gasteiger charge is -2.14. The summed E-state index contributed by atoms with van der Waals surface area (Å²) in [5.41, 5.74) is 1.21. The van der Waals surface area contributed by atoms with Crippen LogP contribution in [0, 0.1) is 11.8 Å². The fourth-order valence-electron chi connectivity index (χ4n) is 2.70. The van der Waals surface area contributed by atoms with E-state index in [0.29, 0.717) is 11.8 Å². The Hall–Kier alpha value is -1.71. The molecule has 0 bridgehead atoms. The Bertz CT molecular complexity index is 483. The van der Waals surface area contributed by atoms with Gasteiger partial charge in [-0.15, -0.1) is 0 Å². The number of hydrogen-bond donors (Lipinski definition) is 0. The van der Waals surface area contributed by atoms with Crippen LogP contribution >= 0.6 is 0 Å². The van der Waals surface area contributed by atoms with E-state index in [1.807, 2.05) is 12.1 Å². The van der Waals surface area contributed by atoms with Crippen molar-refractivity contribution >= 4 is 5.97 Å². The lowest BCUT2D eigenvalue weighted by molar-refractivity contribution is -0.142. The van der Waals surface area contributed by atoms with Crippen LogP contribution in [0.25, 0.3) is 0 Å². The Morgan fingerprint density at radius 3 is 2.55 bits per heavy atom. The first-order valence-electron chi connectivity index (χ1n) is 6.90. The number of methoxy groups -OCH3 is 3. The lowest BCUT2D eigenvalue weighted by Crippen LogP contribution is -2.06. The van der Waals surface area contributed by atoms with Gasteiger partial charge in [-0.1, -0.05) is 13.0 Å². The van der Waals surface area contributed by atoms with Crippen LogP contribution in [-0.2, 0) is 9.53 Å². The highest BCUT2D eigenvalue weighted by molar-refractivity contribution is 5.75. The summed E-state index contributed by atoms with van der Waals surface area (Å²) < 4.78 is 15.3. The van der Waals surface area contributed by atoms with Crippen LogP contribution in [-0.4, -0.2) is 27.3 Å². The fourth-order valence-corrected chi connectivity index (χ4v) is 2.70. The minimum absolute atomic E-state index is 0.0745. The predicted octanol–water partition coefficient (Wildman–Crippen LogP) is 3.01. The van der Waals surface area contributed by atoms with Crippen molar-refractivity contribution in [1.82, 2.24) is 0 Å². The molecule has 20 heavy (non-hydrogen) atoms. The molecule has 1 aliphatic carbocycles. The molecule has 1 aromatic carbocycles. The molecule has 2 rings (SSSR count). The van der Waals surface area contributed by atoms with E-state index in [4.69, 9.17) is 14.2 Å². The second-order valence-corrected chi connectivity index (χ2v) is 5.38. The van der Waals surface area contributed by atoms with Gasteiger partial charge in [0.15, 0.2) is 11.5 Å². The number of esters is 1. The number of benzene rings is 1. The maximum absolute atomic E-state index is 11.4. The zero-order valence-corrected chi connectivity index (χ0v) is 12.5.